The van der Waals surface area contributed by atoms with E-state index in [1.165, 1.54) is 7.11 Å². The standard InChI is InChI=1S/C27H42O13/c1-5-14-15(7-20(31)37-10-16-12(2)6-18(30)21(16)13(3)8-28)17(25(35)36-4)11-38-26(14)40-27-24(34)23(33)22(32)19(9-29)39-27/h5,11-13,15-16,18-19,21-24,26-30,32-34H,6-10H2,1-4H3/b14-5-/t12-,13-,15-,16+,18-,19+,21-,22+,23-,24+,26-,27-/m0/s1. The maximum absolute atomic E-state index is 13.1. The van der Waals surface area contributed by atoms with Crippen molar-refractivity contribution in [2.75, 3.05) is 26.9 Å². The molecule has 2 heterocycles. The molecule has 6 N–H and O–H groups in total. The molecule has 0 radical (unpaired) electrons. The zero-order valence-electron chi connectivity index (χ0n) is 23.2. The largest absolute Gasteiger partial charge is 0.468 e. The predicted octanol–water partition coefficient (Wildman–Crippen LogP) is -1.03. The molecule has 1 saturated heterocycles. The molecule has 0 unspecified atom stereocenters. The SMILES string of the molecule is C/C=C1\[C@H](O[C@@H]2O[C@H](CO)[C@@H](O)[C@H](O)[C@H]2O)OC=C(C(=O)OC)[C@H]1CC(=O)OC[C@H]1[C@H]([C@@H](C)CO)[C@@H](O)C[C@@H]1C. The highest BCUT2D eigenvalue weighted by atomic mass is 16.8. The summed E-state index contributed by atoms with van der Waals surface area (Å²) in [7, 11) is 1.18. The minimum Gasteiger partial charge on any atom is -0.468 e. The summed E-state index contributed by atoms with van der Waals surface area (Å²) in [5.74, 6) is -2.77. The number of ether oxygens (including phenoxy) is 5. The van der Waals surface area contributed by atoms with Gasteiger partial charge >= 0.3 is 11.9 Å². The minimum atomic E-state index is -1.69. The van der Waals surface area contributed by atoms with Gasteiger partial charge in [-0.2, -0.15) is 0 Å². The van der Waals surface area contributed by atoms with Crippen molar-refractivity contribution in [2.45, 2.75) is 76.7 Å². The second-order valence-corrected chi connectivity index (χ2v) is 10.8. The maximum Gasteiger partial charge on any atom is 0.337 e. The molecule has 228 valence electrons. The van der Waals surface area contributed by atoms with Crippen molar-refractivity contribution < 1.29 is 63.9 Å². The highest BCUT2D eigenvalue weighted by molar-refractivity contribution is 5.90. The van der Waals surface area contributed by atoms with Crippen molar-refractivity contribution in [2.24, 2.45) is 29.6 Å². The van der Waals surface area contributed by atoms with Crippen LogP contribution in [0.1, 0.15) is 33.6 Å². The number of aliphatic hydroxyl groups excluding tert-OH is 6. The van der Waals surface area contributed by atoms with E-state index in [4.69, 9.17) is 23.7 Å². The molecule has 1 saturated carbocycles. The Balaban J connectivity index is 1.75. The number of carbonyl (C=O) groups is 2. The topological polar surface area (TPSA) is 202 Å². The highest BCUT2D eigenvalue weighted by Gasteiger charge is 2.47. The maximum atomic E-state index is 13.1. The molecule has 2 fully saturated rings. The summed E-state index contributed by atoms with van der Waals surface area (Å²) in [6.45, 7) is 4.70. The van der Waals surface area contributed by atoms with Gasteiger partial charge in [0.2, 0.25) is 6.29 Å². The Labute approximate surface area is 232 Å². The van der Waals surface area contributed by atoms with Crippen molar-refractivity contribution in [1.29, 1.82) is 0 Å². The number of allylic oxidation sites excluding steroid dienone is 1. The smallest absolute Gasteiger partial charge is 0.337 e. The van der Waals surface area contributed by atoms with Crippen LogP contribution in [-0.2, 0) is 33.3 Å². The quantitative estimate of drug-likeness (QED) is 0.137. The van der Waals surface area contributed by atoms with E-state index < -0.39 is 67.6 Å². The average Bonchev–Trinajstić information content (AvgIpc) is 3.23. The Morgan fingerprint density at radius 2 is 1.85 bits per heavy atom. The number of aliphatic hydroxyl groups is 6. The molecule has 0 aromatic carbocycles. The number of carbonyl (C=O) groups excluding carboxylic acids is 2. The Bertz CT molecular complexity index is 929. The monoisotopic (exact) mass is 574 g/mol. The first-order chi connectivity index (χ1) is 19.0. The van der Waals surface area contributed by atoms with Gasteiger partial charge in [0, 0.05) is 24.0 Å². The highest BCUT2D eigenvalue weighted by Crippen LogP contribution is 2.42. The third-order valence-electron chi connectivity index (χ3n) is 8.26. The summed E-state index contributed by atoms with van der Waals surface area (Å²) in [5.41, 5.74) is 0.339. The van der Waals surface area contributed by atoms with E-state index in [1.807, 2.05) is 13.8 Å². The lowest BCUT2D eigenvalue weighted by Crippen LogP contribution is -2.60. The summed E-state index contributed by atoms with van der Waals surface area (Å²) < 4.78 is 27.2. The van der Waals surface area contributed by atoms with Gasteiger partial charge < -0.3 is 54.3 Å². The van der Waals surface area contributed by atoms with Crippen LogP contribution in [0, 0.1) is 29.6 Å². The number of methoxy groups -OCH3 is 1. The molecule has 3 rings (SSSR count). The summed E-state index contributed by atoms with van der Waals surface area (Å²) in [6, 6.07) is 0. The molecule has 0 bridgehead atoms. The third kappa shape index (κ3) is 6.85. The molecule has 0 aromatic rings. The van der Waals surface area contributed by atoms with Crippen molar-refractivity contribution in [1.82, 2.24) is 0 Å². The number of hydrogen-bond donors (Lipinski definition) is 6. The molecule has 0 amide bonds. The molecule has 40 heavy (non-hydrogen) atoms. The molecule has 13 nitrogen and oxygen atoms in total. The predicted molar refractivity (Wildman–Crippen MR) is 136 cm³/mol. The van der Waals surface area contributed by atoms with Gasteiger partial charge in [-0.3, -0.25) is 4.79 Å². The van der Waals surface area contributed by atoms with Crippen LogP contribution in [0.5, 0.6) is 0 Å². The molecule has 3 aliphatic rings. The van der Waals surface area contributed by atoms with Gasteiger partial charge in [-0.05, 0) is 31.1 Å². The van der Waals surface area contributed by atoms with Gasteiger partial charge in [-0.25, -0.2) is 4.79 Å². The van der Waals surface area contributed by atoms with E-state index in [0.29, 0.717) is 12.0 Å². The first-order valence-electron chi connectivity index (χ1n) is 13.5. The van der Waals surface area contributed by atoms with Crippen LogP contribution in [0.2, 0.25) is 0 Å². The Morgan fingerprint density at radius 1 is 1.15 bits per heavy atom. The molecule has 0 spiro atoms. The van der Waals surface area contributed by atoms with Crippen LogP contribution in [0.15, 0.2) is 23.5 Å². The number of rotatable bonds is 10. The fraction of sp³-hybridized carbons (Fsp3) is 0.778. The van der Waals surface area contributed by atoms with E-state index in [1.54, 1.807) is 13.0 Å². The van der Waals surface area contributed by atoms with Gasteiger partial charge in [0.15, 0.2) is 6.29 Å². The lowest BCUT2D eigenvalue weighted by Gasteiger charge is -2.41. The number of hydrogen-bond acceptors (Lipinski definition) is 13. The van der Waals surface area contributed by atoms with Crippen LogP contribution in [-0.4, -0.2) is 113 Å². The van der Waals surface area contributed by atoms with Crippen LogP contribution >= 0.6 is 0 Å². The minimum absolute atomic E-state index is 0.0256. The molecule has 1 aliphatic carbocycles. The fourth-order valence-electron chi connectivity index (χ4n) is 5.92. The lowest BCUT2D eigenvalue weighted by molar-refractivity contribution is -0.327. The van der Waals surface area contributed by atoms with Crippen molar-refractivity contribution in [3.8, 4) is 0 Å². The average molecular weight is 575 g/mol. The Morgan fingerprint density at radius 3 is 2.45 bits per heavy atom. The second-order valence-electron chi connectivity index (χ2n) is 10.8. The van der Waals surface area contributed by atoms with Crippen molar-refractivity contribution in [3.63, 3.8) is 0 Å². The number of esters is 2. The molecular weight excluding hydrogens is 532 g/mol. The van der Waals surface area contributed by atoms with Crippen LogP contribution in [0.3, 0.4) is 0 Å². The van der Waals surface area contributed by atoms with Gasteiger partial charge in [0.25, 0.3) is 0 Å². The Hall–Kier alpha value is -2.10. The Kier molecular flexibility index (Phi) is 11.5. The first-order valence-corrected chi connectivity index (χ1v) is 13.5. The summed E-state index contributed by atoms with van der Waals surface area (Å²) >= 11 is 0. The lowest BCUT2D eigenvalue weighted by atomic mass is 9.82. The van der Waals surface area contributed by atoms with Gasteiger partial charge in [-0.1, -0.05) is 19.9 Å². The van der Waals surface area contributed by atoms with E-state index in [2.05, 4.69) is 0 Å². The molecule has 12 atom stereocenters. The zero-order chi connectivity index (χ0) is 29.7. The summed E-state index contributed by atoms with van der Waals surface area (Å²) in [6.07, 6.45) is -6.64. The third-order valence-corrected chi connectivity index (χ3v) is 8.26. The fourth-order valence-corrected chi connectivity index (χ4v) is 5.92. The zero-order valence-corrected chi connectivity index (χ0v) is 23.2. The van der Waals surface area contributed by atoms with Crippen LogP contribution in [0.4, 0.5) is 0 Å². The van der Waals surface area contributed by atoms with E-state index in [-0.39, 0.29) is 48.9 Å². The molecule has 13 heteroatoms. The second kappa shape index (κ2) is 14.2. The van der Waals surface area contributed by atoms with Crippen LogP contribution in [0.25, 0.3) is 0 Å². The van der Waals surface area contributed by atoms with Gasteiger partial charge in [0.1, 0.15) is 24.4 Å². The van der Waals surface area contributed by atoms with Gasteiger partial charge in [0.05, 0.1) is 44.7 Å². The van der Waals surface area contributed by atoms with Crippen molar-refractivity contribution in [3.05, 3.63) is 23.5 Å². The van der Waals surface area contributed by atoms with Crippen molar-refractivity contribution >= 4 is 11.9 Å². The first kappa shape index (κ1) is 32.4. The van der Waals surface area contributed by atoms with E-state index in [9.17, 15) is 40.2 Å². The van der Waals surface area contributed by atoms with E-state index >= 15 is 0 Å². The normalized spacial score (nSPS) is 39.8. The van der Waals surface area contributed by atoms with Crippen LogP contribution < -0.4 is 0 Å². The summed E-state index contributed by atoms with van der Waals surface area (Å²) in [5, 5.41) is 60.1. The molecule has 2 aliphatic heterocycles. The van der Waals surface area contributed by atoms with Gasteiger partial charge in [-0.15, -0.1) is 0 Å². The van der Waals surface area contributed by atoms with E-state index in [0.717, 1.165) is 6.26 Å². The molecule has 0 aromatic heterocycles. The molecular formula is C27H42O13. The summed E-state index contributed by atoms with van der Waals surface area (Å²) in [4.78, 5) is 25.6.